The zero-order chi connectivity index (χ0) is 20.4. The normalized spacial score (nSPS) is 15.3. The first-order valence-corrected chi connectivity index (χ1v) is 8.14. The quantitative estimate of drug-likeness (QED) is 0.780. The largest absolute Gasteiger partial charge is 0.496 e. The molecule has 0 aliphatic carbocycles. The fraction of sp³-hybridized carbons (Fsp3) is 0.263. The minimum absolute atomic E-state index is 0.0227. The Kier molecular flexibility index (Phi) is 5.15. The molecule has 146 valence electrons. The maximum absolute atomic E-state index is 12.4. The molecule has 1 atom stereocenters. The van der Waals surface area contributed by atoms with Crippen LogP contribution in [0.5, 0.6) is 23.0 Å². The third-order valence-electron chi connectivity index (χ3n) is 4.33. The van der Waals surface area contributed by atoms with Crippen molar-refractivity contribution in [2.75, 3.05) is 21.3 Å². The molecule has 1 unspecified atom stereocenters. The first kappa shape index (κ1) is 19.1. The van der Waals surface area contributed by atoms with Crippen LogP contribution in [0.15, 0.2) is 38.9 Å². The van der Waals surface area contributed by atoms with E-state index in [0.717, 1.165) is 6.07 Å². The average molecular weight is 386 g/mol. The fourth-order valence-corrected chi connectivity index (χ4v) is 3.05. The Morgan fingerprint density at radius 1 is 1.14 bits per heavy atom. The second-order valence-electron chi connectivity index (χ2n) is 5.80. The highest BCUT2D eigenvalue weighted by Crippen LogP contribution is 2.47. The topological polar surface area (TPSA) is 137 Å². The Hall–Kier alpha value is -3.64. The lowest BCUT2D eigenvalue weighted by molar-refractivity contribution is 0.231. The first-order valence-electron chi connectivity index (χ1n) is 8.14. The Labute approximate surface area is 160 Å². The van der Waals surface area contributed by atoms with E-state index in [4.69, 9.17) is 29.1 Å². The van der Waals surface area contributed by atoms with Crippen molar-refractivity contribution in [2.24, 2.45) is 5.73 Å². The van der Waals surface area contributed by atoms with Crippen LogP contribution < -0.4 is 30.1 Å². The summed E-state index contributed by atoms with van der Waals surface area (Å²) in [6.07, 6.45) is 0. The third-order valence-corrected chi connectivity index (χ3v) is 4.33. The van der Waals surface area contributed by atoms with Crippen LogP contribution in [0.1, 0.15) is 23.0 Å². The summed E-state index contributed by atoms with van der Waals surface area (Å²) in [6, 6.07) is 6.29. The van der Waals surface area contributed by atoms with E-state index in [9.17, 15) is 15.2 Å². The molecule has 1 aromatic carbocycles. The molecule has 1 aliphatic heterocycles. The summed E-state index contributed by atoms with van der Waals surface area (Å²) in [5.41, 5.74) is 5.84. The molecule has 9 heteroatoms. The maximum Gasteiger partial charge on any atom is 0.228 e. The van der Waals surface area contributed by atoms with Crippen molar-refractivity contribution in [1.29, 1.82) is 5.26 Å². The zero-order valence-electron chi connectivity index (χ0n) is 15.4. The smallest absolute Gasteiger partial charge is 0.228 e. The van der Waals surface area contributed by atoms with Gasteiger partial charge >= 0.3 is 0 Å². The van der Waals surface area contributed by atoms with Crippen LogP contribution in [0.3, 0.4) is 0 Å². The number of hydrogen-bond donors (Lipinski definition) is 2. The monoisotopic (exact) mass is 386 g/mol. The molecular weight excluding hydrogens is 368 g/mol. The average Bonchev–Trinajstić information content (AvgIpc) is 2.72. The van der Waals surface area contributed by atoms with Crippen molar-refractivity contribution in [3.05, 3.63) is 57.0 Å². The van der Waals surface area contributed by atoms with Crippen LogP contribution >= 0.6 is 0 Å². The van der Waals surface area contributed by atoms with Crippen molar-refractivity contribution in [3.8, 4) is 29.1 Å². The van der Waals surface area contributed by atoms with E-state index in [1.54, 1.807) is 12.1 Å². The third kappa shape index (κ3) is 3.00. The number of nitrogens with two attached hydrogens (primary N) is 1. The van der Waals surface area contributed by atoms with Gasteiger partial charge in [0.1, 0.15) is 29.8 Å². The summed E-state index contributed by atoms with van der Waals surface area (Å²) in [6.45, 7) is -0.501. The number of methoxy groups -OCH3 is 3. The molecule has 0 radical (unpaired) electrons. The predicted molar refractivity (Wildman–Crippen MR) is 96.3 cm³/mol. The molecule has 28 heavy (non-hydrogen) atoms. The van der Waals surface area contributed by atoms with Gasteiger partial charge in [0.05, 0.1) is 27.2 Å². The molecule has 0 saturated carbocycles. The molecule has 0 amide bonds. The molecule has 0 saturated heterocycles. The van der Waals surface area contributed by atoms with Gasteiger partial charge in [-0.15, -0.1) is 0 Å². The second-order valence-corrected chi connectivity index (χ2v) is 5.80. The van der Waals surface area contributed by atoms with E-state index >= 15 is 0 Å². The van der Waals surface area contributed by atoms with Crippen molar-refractivity contribution in [2.45, 2.75) is 12.5 Å². The fourth-order valence-electron chi connectivity index (χ4n) is 3.05. The molecule has 3 N–H and O–H groups in total. The SMILES string of the molecule is COc1cc(OC)c(C2C(C#N)=C(N)Oc3c2oc(CO)cc3=O)cc1OC. The molecule has 3 rings (SSSR count). The summed E-state index contributed by atoms with van der Waals surface area (Å²) in [4.78, 5) is 12.4. The summed E-state index contributed by atoms with van der Waals surface area (Å²) < 4.78 is 27.1. The van der Waals surface area contributed by atoms with Crippen LogP contribution in [0.25, 0.3) is 0 Å². The predicted octanol–water partition coefficient (Wildman–Crippen LogP) is 1.38. The summed E-state index contributed by atoms with van der Waals surface area (Å²) in [7, 11) is 4.39. The van der Waals surface area contributed by atoms with E-state index in [1.807, 2.05) is 6.07 Å². The van der Waals surface area contributed by atoms with Gasteiger partial charge in [-0.1, -0.05) is 0 Å². The van der Waals surface area contributed by atoms with Gasteiger partial charge in [0.15, 0.2) is 17.3 Å². The zero-order valence-corrected chi connectivity index (χ0v) is 15.4. The molecular formula is C19H18N2O7. The van der Waals surface area contributed by atoms with Crippen molar-refractivity contribution in [1.82, 2.24) is 0 Å². The number of benzene rings is 1. The van der Waals surface area contributed by atoms with Gasteiger partial charge < -0.3 is 34.2 Å². The minimum Gasteiger partial charge on any atom is -0.496 e. The number of nitriles is 1. The van der Waals surface area contributed by atoms with Crippen LogP contribution in [0.2, 0.25) is 0 Å². The number of fused-ring (bicyclic) bond motifs is 1. The molecule has 1 aromatic heterocycles. The van der Waals surface area contributed by atoms with Gasteiger partial charge in [-0.2, -0.15) is 5.26 Å². The van der Waals surface area contributed by atoms with Gasteiger partial charge in [0.2, 0.25) is 17.1 Å². The Morgan fingerprint density at radius 3 is 2.36 bits per heavy atom. The Morgan fingerprint density at radius 2 is 1.79 bits per heavy atom. The maximum atomic E-state index is 12.4. The van der Waals surface area contributed by atoms with Gasteiger partial charge in [-0.05, 0) is 6.07 Å². The van der Waals surface area contributed by atoms with Crippen LogP contribution in [-0.4, -0.2) is 26.4 Å². The van der Waals surface area contributed by atoms with E-state index in [1.165, 1.54) is 21.3 Å². The van der Waals surface area contributed by atoms with E-state index in [-0.39, 0.29) is 28.7 Å². The number of allylic oxidation sites excluding steroid dienone is 1. The van der Waals surface area contributed by atoms with Crippen molar-refractivity contribution >= 4 is 0 Å². The summed E-state index contributed by atoms with van der Waals surface area (Å²) in [5, 5.41) is 19.1. The molecule has 2 aromatic rings. The molecule has 1 aliphatic rings. The van der Waals surface area contributed by atoms with Gasteiger partial charge in [-0.3, -0.25) is 4.79 Å². The molecule has 0 fully saturated rings. The Bertz CT molecular complexity index is 1050. The first-order chi connectivity index (χ1) is 13.5. The van der Waals surface area contributed by atoms with Gasteiger partial charge in [0.25, 0.3) is 0 Å². The standard InChI is InChI=1S/C19H18N2O7/c1-24-13-6-15(26-3)14(25-2)5-10(13)16-11(7-20)19(21)28-17-12(23)4-9(8-22)27-18(16)17/h4-6,16,22H,8,21H2,1-3H3. The van der Waals surface area contributed by atoms with Gasteiger partial charge in [0, 0.05) is 17.7 Å². The highest BCUT2D eigenvalue weighted by atomic mass is 16.5. The number of hydrogen-bond acceptors (Lipinski definition) is 9. The highest BCUT2D eigenvalue weighted by molar-refractivity contribution is 5.60. The summed E-state index contributed by atoms with van der Waals surface area (Å²) in [5.74, 6) is -0.0890. The van der Waals surface area contributed by atoms with E-state index < -0.39 is 18.0 Å². The molecule has 9 nitrogen and oxygen atoms in total. The molecule has 0 bridgehead atoms. The number of aliphatic hydroxyl groups excluding tert-OH is 1. The van der Waals surface area contributed by atoms with Crippen LogP contribution in [-0.2, 0) is 6.61 Å². The van der Waals surface area contributed by atoms with Crippen LogP contribution in [0.4, 0.5) is 0 Å². The van der Waals surface area contributed by atoms with Crippen LogP contribution in [0, 0.1) is 11.3 Å². The van der Waals surface area contributed by atoms with Gasteiger partial charge in [-0.25, -0.2) is 0 Å². The number of rotatable bonds is 5. The number of ether oxygens (including phenoxy) is 4. The molecule has 2 heterocycles. The van der Waals surface area contributed by atoms with Crippen molar-refractivity contribution in [3.63, 3.8) is 0 Å². The van der Waals surface area contributed by atoms with Crippen molar-refractivity contribution < 1.29 is 28.5 Å². The van der Waals surface area contributed by atoms with E-state index in [0.29, 0.717) is 22.8 Å². The lowest BCUT2D eigenvalue weighted by Gasteiger charge is -2.26. The lowest BCUT2D eigenvalue weighted by Crippen LogP contribution is -2.25. The lowest BCUT2D eigenvalue weighted by atomic mass is 9.86. The Balaban J connectivity index is 2.36. The molecule has 0 spiro atoms. The number of nitrogens with zero attached hydrogens (tertiary/aromatic N) is 1. The minimum atomic E-state index is -0.914. The number of aliphatic hydroxyl groups is 1. The van der Waals surface area contributed by atoms with E-state index in [2.05, 4.69) is 0 Å². The second kappa shape index (κ2) is 7.54. The highest BCUT2D eigenvalue weighted by Gasteiger charge is 2.37. The summed E-state index contributed by atoms with van der Waals surface area (Å²) >= 11 is 0.